The zero-order valence-corrected chi connectivity index (χ0v) is 11.0. The van der Waals surface area contributed by atoms with Gasteiger partial charge in [0.15, 0.2) is 0 Å². The first-order valence-corrected chi connectivity index (χ1v) is 6.06. The molecule has 0 aliphatic carbocycles. The quantitative estimate of drug-likeness (QED) is 0.841. The number of nitrogens with two attached hydrogens (primary N) is 1. The van der Waals surface area contributed by atoms with Crippen molar-refractivity contribution in [2.45, 2.75) is 6.54 Å². The lowest BCUT2D eigenvalue weighted by Crippen LogP contribution is -2.19. The molecule has 104 valence electrons. The Kier molecular flexibility index (Phi) is 3.89. The molecule has 0 saturated carbocycles. The van der Waals surface area contributed by atoms with E-state index in [0.717, 1.165) is 5.56 Å². The average Bonchev–Trinajstić information content (AvgIpc) is 2.38. The predicted octanol–water partition coefficient (Wildman–Crippen LogP) is 2.74. The molecule has 2 aromatic rings. The molecule has 4 nitrogen and oxygen atoms in total. The SMILES string of the molecule is CN(Cc1cccc(F)c1)c1cc(N)ccc1C(=O)O. The summed E-state index contributed by atoms with van der Waals surface area (Å²) in [4.78, 5) is 12.9. The van der Waals surface area contributed by atoms with Gasteiger partial charge < -0.3 is 15.7 Å². The zero-order chi connectivity index (χ0) is 14.7. The van der Waals surface area contributed by atoms with Gasteiger partial charge in [-0.3, -0.25) is 0 Å². The molecule has 0 fully saturated rings. The molecule has 20 heavy (non-hydrogen) atoms. The van der Waals surface area contributed by atoms with Crippen molar-refractivity contribution < 1.29 is 14.3 Å². The highest BCUT2D eigenvalue weighted by Gasteiger charge is 2.14. The summed E-state index contributed by atoms with van der Waals surface area (Å²) in [5, 5.41) is 9.19. The molecule has 5 heteroatoms. The maximum atomic E-state index is 13.2. The van der Waals surface area contributed by atoms with Gasteiger partial charge in [-0.15, -0.1) is 0 Å². The fraction of sp³-hybridized carbons (Fsp3) is 0.133. The van der Waals surface area contributed by atoms with E-state index in [-0.39, 0.29) is 11.4 Å². The highest BCUT2D eigenvalue weighted by atomic mass is 19.1. The van der Waals surface area contributed by atoms with Crippen molar-refractivity contribution >= 4 is 17.3 Å². The molecule has 0 aromatic heterocycles. The number of carboxylic acid groups (broad SMARTS) is 1. The molecule has 0 heterocycles. The van der Waals surface area contributed by atoms with Crippen molar-refractivity contribution in [1.29, 1.82) is 0 Å². The van der Waals surface area contributed by atoms with Crippen molar-refractivity contribution in [3.05, 3.63) is 59.4 Å². The van der Waals surface area contributed by atoms with E-state index in [2.05, 4.69) is 0 Å². The minimum absolute atomic E-state index is 0.165. The van der Waals surface area contributed by atoms with Gasteiger partial charge in [0.1, 0.15) is 5.82 Å². The first-order chi connectivity index (χ1) is 9.47. The maximum Gasteiger partial charge on any atom is 0.337 e. The summed E-state index contributed by atoms with van der Waals surface area (Å²) in [5.74, 6) is -1.34. The maximum absolute atomic E-state index is 13.2. The molecule has 0 radical (unpaired) electrons. The van der Waals surface area contributed by atoms with Crippen LogP contribution in [0.4, 0.5) is 15.8 Å². The average molecular weight is 274 g/mol. The zero-order valence-electron chi connectivity index (χ0n) is 11.0. The number of benzene rings is 2. The van der Waals surface area contributed by atoms with Gasteiger partial charge in [0.05, 0.1) is 11.3 Å². The van der Waals surface area contributed by atoms with Crippen LogP contribution in [-0.4, -0.2) is 18.1 Å². The minimum Gasteiger partial charge on any atom is -0.478 e. The second-order valence-electron chi connectivity index (χ2n) is 4.57. The highest BCUT2D eigenvalue weighted by molar-refractivity contribution is 5.95. The molecular formula is C15H15FN2O2. The third-order valence-corrected chi connectivity index (χ3v) is 2.97. The van der Waals surface area contributed by atoms with E-state index in [0.29, 0.717) is 17.9 Å². The van der Waals surface area contributed by atoms with Crippen LogP contribution in [0.2, 0.25) is 0 Å². The molecule has 0 bridgehead atoms. The molecule has 2 rings (SSSR count). The van der Waals surface area contributed by atoms with Crippen LogP contribution < -0.4 is 10.6 Å². The normalized spacial score (nSPS) is 10.3. The van der Waals surface area contributed by atoms with E-state index in [1.165, 1.54) is 18.2 Å². The third kappa shape index (κ3) is 3.06. The highest BCUT2D eigenvalue weighted by Crippen LogP contribution is 2.24. The van der Waals surface area contributed by atoms with Gasteiger partial charge in [-0.1, -0.05) is 12.1 Å². The van der Waals surface area contributed by atoms with Gasteiger partial charge in [-0.25, -0.2) is 9.18 Å². The summed E-state index contributed by atoms with van der Waals surface area (Å²) in [7, 11) is 1.74. The number of carboxylic acids is 1. The number of hydrogen-bond donors (Lipinski definition) is 2. The van der Waals surface area contributed by atoms with Crippen molar-refractivity contribution in [3.8, 4) is 0 Å². The molecule has 2 aromatic carbocycles. The van der Waals surface area contributed by atoms with Gasteiger partial charge in [0.25, 0.3) is 0 Å². The number of carbonyl (C=O) groups is 1. The van der Waals surface area contributed by atoms with E-state index < -0.39 is 5.97 Å². The predicted molar refractivity (Wildman–Crippen MR) is 76.3 cm³/mol. The lowest BCUT2D eigenvalue weighted by atomic mass is 10.1. The number of anilines is 2. The second kappa shape index (κ2) is 5.61. The molecule has 0 aliphatic heterocycles. The Hall–Kier alpha value is -2.56. The van der Waals surface area contributed by atoms with Gasteiger partial charge >= 0.3 is 5.97 Å². The molecule has 0 spiro atoms. The molecule has 0 amide bonds. The lowest BCUT2D eigenvalue weighted by Gasteiger charge is -2.21. The summed E-state index contributed by atoms with van der Waals surface area (Å²) in [6.45, 7) is 0.390. The van der Waals surface area contributed by atoms with E-state index in [1.54, 1.807) is 36.2 Å². The standard InChI is InChI=1S/C15H15FN2O2/c1-18(9-10-3-2-4-11(16)7-10)14-8-12(17)5-6-13(14)15(19)20/h2-8H,9,17H2,1H3,(H,19,20). The largest absolute Gasteiger partial charge is 0.478 e. The number of hydrogen-bond acceptors (Lipinski definition) is 3. The molecule has 0 unspecified atom stereocenters. The van der Waals surface area contributed by atoms with Crippen LogP contribution in [0.5, 0.6) is 0 Å². The van der Waals surface area contributed by atoms with Crippen LogP contribution in [0.25, 0.3) is 0 Å². The molecule has 0 aliphatic rings. The Bertz CT molecular complexity index is 644. The fourth-order valence-corrected chi connectivity index (χ4v) is 2.04. The Morgan fingerprint density at radius 1 is 1.30 bits per heavy atom. The van der Waals surface area contributed by atoms with Crippen molar-refractivity contribution in [3.63, 3.8) is 0 Å². The van der Waals surface area contributed by atoms with Crippen molar-refractivity contribution in [2.75, 3.05) is 17.7 Å². The molecular weight excluding hydrogens is 259 g/mol. The molecule has 3 N–H and O–H groups in total. The lowest BCUT2D eigenvalue weighted by molar-refractivity contribution is 0.0697. The van der Waals surface area contributed by atoms with Gasteiger partial charge in [-0.05, 0) is 35.9 Å². The Morgan fingerprint density at radius 2 is 2.05 bits per heavy atom. The van der Waals surface area contributed by atoms with Crippen LogP contribution in [0.3, 0.4) is 0 Å². The van der Waals surface area contributed by atoms with Gasteiger partial charge in [-0.2, -0.15) is 0 Å². The number of aromatic carboxylic acids is 1. The van der Waals surface area contributed by atoms with Crippen LogP contribution >= 0.6 is 0 Å². The van der Waals surface area contributed by atoms with Gasteiger partial charge in [0.2, 0.25) is 0 Å². The second-order valence-corrected chi connectivity index (χ2v) is 4.57. The van der Waals surface area contributed by atoms with Crippen LogP contribution in [0.1, 0.15) is 15.9 Å². The van der Waals surface area contributed by atoms with Crippen LogP contribution in [0, 0.1) is 5.82 Å². The minimum atomic E-state index is -1.02. The first-order valence-electron chi connectivity index (χ1n) is 6.06. The Balaban J connectivity index is 2.31. The Labute approximate surface area is 116 Å². The summed E-state index contributed by atoms with van der Waals surface area (Å²) in [6.07, 6.45) is 0. The van der Waals surface area contributed by atoms with E-state index in [9.17, 15) is 14.3 Å². The first kappa shape index (κ1) is 13.9. The topological polar surface area (TPSA) is 66.6 Å². The monoisotopic (exact) mass is 274 g/mol. The summed E-state index contributed by atoms with van der Waals surface area (Å²) < 4.78 is 13.2. The van der Waals surface area contributed by atoms with Crippen molar-refractivity contribution in [1.82, 2.24) is 0 Å². The summed E-state index contributed by atoms with van der Waals surface area (Å²) in [5.41, 5.74) is 7.61. The smallest absolute Gasteiger partial charge is 0.337 e. The van der Waals surface area contributed by atoms with Crippen LogP contribution in [0.15, 0.2) is 42.5 Å². The number of halogens is 1. The Morgan fingerprint density at radius 3 is 2.70 bits per heavy atom. The fourth-order valence-electron chi connectivity index (χ4n) is 2.04. The molecule has 0 saturated heterocycles. The van der Waals surface area contributed by atoms with E-state index in [1.807, 2.05) is 0 Å². The van der Waals surface area contributed by atoms with Gasteiger partial charge in [0, 0.05) is 19.3 Å². The number of nitrogen functional groups attached to an aromatic ring is 1. The summed E-state index contributed by atoms with van der Waals surface area (Å²) in [6, 6.07) is 10.8. The van der Waals surface area contributed by atoms with Crippen LogP contribution in [-0.2, 0) is 6.54 Å². The summed E-state index contributed by atoms with van der Waals surface area (Å²) >= 11 is 0. The van der Waals surface area contributed by atoms with E-state index >= 15 is 0 Å². The number of nitrogens with zero attached hydrogens (tertiary/aromatic N) is 1. The molecule has 0 atom stereocenters. The van der Waals surface area contributed by atoms with Crippen molar-refractivity contribution in [2.24, 2.45) is 0 Å². The van der Waals surface area contributed by atoms with E-state index in [4.69, 9.17) is 5.73 Å². The third-order valence-electron chi connectivity index (χ3n) is 2.97. The number of rotatable bonds is 4.